The number of carbonyl (C=O) groups is 2. The predicted molar refractivity (Wildman–Crippen MR) is 80.4 cm³/mol. The lowest BCUT2D eigenvalue weighted by atomic mass is 9.97. The number of halogens is 2. The van der Waals surface area contributed by atoms with E-state index in [0.717, 1.165) is 9.99 Å². The molecule has 19 heavy (non-hydrogen) atoms. The maximum atomic E-state index is 12.4. The van der Waals surface area contributed by atoms with Crippen LogP contribution < -0.4 is 0 Å². The van der Waals surface area contributed by atoms with Crippen LogP contribution in [0.1, 0.15) is 23.2 Å². The maximum absolute atomic E-state index is 12.4. The summed E-state index contributed by atoms with van der Waals surface area (Å²) in [5.41, 5.74) is 0.541. The summed E-state index contributed by atoms with van der Waals surface area (Å²) in [6, 6.07) is 5.15. The molecule has 1 aliphatic rings. The number of carboxylic acid groups (broad SMARTS) is 1. The molecular weight excluding hydrogens is 381 g/mol. The third-order valence-electron chi connectivity index (χ3n) is 3.22. The van der Waals surface area contributed by atoms with Gasteiger partial charge in [-0.1, -0.05) is 11.6 Å². The number of nitrogens with zero attached hydrogens (tertiary/aromatic N) is 1. The number of hydrogen-bond acceptors (Lipinski definition) is 2. The molecule has 1 fully saturated rings. The maximum Gasteiger partial charge on any atom is 0.308 e. The van der Waals surface area contributed by atoms with E-state index in [9.17, 15) is 9.59 Å². The Morgan fingerprint density at radius 3 is 2.84 bits per heavy atom. The minimum absolute atomic E-state index is 0.141. The third kappa shape index (κ3) is 3.39. The predicted octanol–water partition coefficient (Wildman–Crippen LogP) is 2.88. The van der Waals surface area contributed by atoms with Crippen LogP contribution in [-0.4, -0.2) is 35.0 Å². The van der Waals surface area contributed by atoms with Crippen LogP contribution in [0.2, 0.25) is 5.02 Å². The Labute approximate surface area is 129 Å². The van der Waals surface area contributed by atoms with Gasteiger partial charge in [0.05, 0.1) is 11.5 Å². The van der Waals surface area contributed by atoms with Crippen LogP contribution in [0.4, 0.5) is 0 Å². The second-order valence-electron chi connectivity index (χ2n) is 4.55. The number of hydrogen-bond donors (Lipinski definition) is 1. The number of carboxylic acids is 1. The van der Waals surface area contributed by atoms with E-state index in [1.165, 1.54) is 0 Å². The van der Waals surface area contributed by atoms with Crippen LogP contribution in [0.25, 0.3) is 0 Å². The molecule has 1 aromatic carbocycles. The number of carbonyl (C=O) groups excluding carboxylic acids is 1. The quantitative estimate of drug-likeness (QED) is 0.786. The van der Waals surface area contributed by atoms with Crippen molar-refractivity contribution in [3.8, 4) is 0 Å². The van der Waals surface area contributed by atoms with Crippen LogP contribution in [0.15, 0.2) is 18.2 Å². The second-order valence-corrected chi connectivity index (χ2v) is 6.15. The molecule has 0 aromatic heterocycles. The SMILES string of the molecule is O=C(O)[C@H]1CCCN(C(=O)c2cc(Cl)ccc2I)C1. The first-order chi connectivity index (χ1) is 8.99. The van der Waals surface area contributed by atoms with Crippen LogP contribution in [0.3, 0.4) is 0 Å². The van der Waals surface area contributed by atoms with Gasteiger partial charge in [-0.3, -0.25) is 9.59 Å². The van der Waals surface area contributed by atoms with Gasteiger partial charge in [0.1, 0.15) is 0 Å². The Morgan fingerprint density at radius 2 is 2.16 bits per heavy atom. The lowest BCUT2D eigenvalue weighted by Gasteiger charge is -2.31. The molecule has 0 radical (unpaired) electrons. The highest BCUT2D eigenvalue weighted by Gasteiger charge is 2.29. The monoisotopic (exact) mass is 393 g/mol. The molecule has 0 bridgehead atoms. The van der Waals surface area contributed by atoms with Crippen molar-refractivity contribution in [2.75, 3.05) is 13.1 Å². The van der Waals surface area contributed by atoms with E-state index in [1.807, 2.05) is 0 Å². The summed E-state index contributed by atoms with van der Waals surface area (Å²) in [6.45, 7) is 0.877. The Kier molecular flexibility index (Phi) is 4.67. The number of likely N-dealkylation sites (tertiary alicyclic amines) is 1. The molecule has 0 unspecified atom stereocenters. The van der Waals surface area contributed by atoms with Gasteiger partial charge in [0.25, 0.3) is 5.91 Å². The Morgan fingerprint density at radius 1 is 1.42 bits per heavy atom. The number of amides is 1. The van der Waals surface area contributed by atoms with E-state index < -0.39 is 11.9 Å². The van der Waals surface area contributed by atoms with Crippen LogP contribution >= 0.6 is 34.2 Å². The summed E-state index contributed by atoms with van der Waals surface area (Å²) in [7, 11) is 0. The van der Waals surface area contributed by atoms with Gasteiger partial charge < -0.3 is 10.0 Å². The molecular formula is C13H13ClINO3. The third-order valence-corrected chi connectivity index (χ3v) is 4.39. The Balaban J connectivity index is 2.19. The Hall–Kier alpha value is -0.820. The Bertz CT molecular complexity index is 521. The summed E-state index contributed by atoms with van der Waals surface area (Å²) in [4.78, 5) is 25.0. The van der Waals surface area contributed by atoms with Gasteiger partial charge in [0.15, 0.2) is 0 Å². The summed E-state index contributed by atoms with van der Waals surface area (Å²) >= 11 is 8.00. The standard InChI is InChI=1S/C13H13ClINO3/c14-9-3-4-11(15)10(6-9)12(17)16-5-1-2-8(7-16)13(18)19/h3-4,6,8H,1-2,5,7H2,(H,18,19)/t8-/m0/s1. The first-order valence-corrected chi connectivity index (χ1v) is 7.42. The molecule has 0 spiro atoms. The summed E-state index contributed by atoms with van der Waals surface area (Å²) in [5, 5.41) is 9.56. The highest BCUT2D eigenvalue weighted by molar-refractivity contribution is 14.1. The number of aliphatic carboxylic acids is 1. The van der Waals surface area contributed by atoms with Gasteiger partial charge in [-0.05, 0) is 53.6 Å². The first-order valence-electron chi connectivity index (χ1n) is 5.96. The highest BCUT2D eigenvalue weighted by atomic mass is 127. The molecule has 1 saturated heterocycles. The van der Waals surface area contributed by atoms with Gasteiger partial charge in [-0.2, -0.15) is 0 Å². The van der Waals surface area contributed by atoms with Crippen LogP contribution in [0, 0.1) is 9.49 Å². The lowest BCUT2D eigenvalue weighted by molar-refractivity contribution is -0.143. The van der Waals surface area contributed by atoms with Crippen molar-refractivity contribution in [3.05, 3.63) is 32.4 Å². The fourth-order valence-corrected chi connectivity index (χ4v) is 2.93. The molecule has 0 saturated carbocycles. The lowest BCUT2D eigenvalue weighted by Crippen LogP contribution is -2.42. The van der Waals surface area contributed by atoms with Gasteiger partial charge in [-0.15, -0.1) is 0 Å². The summed E-state index contributed by atoms with van der Waals surface area (Å²) in [6.07, 6.45) is 1.35. The van der Waals surface area contributed by atoms with Crippen molar-refractivity contribution in [2.24, 2.45) is 5.92 Å². The highest BCUT2D eigenvalue weighted by Crippen LogP contribution is 2.23. The van der Waals surface area contributed by atoms with Crippen molar-refractivity contribution < 1.29 is 14.7 Å². The number of rotatable bonds is 2. The van der Waals surface area contributed by atoms with Crippen molar-refractivity contribution >= 4 is 46.1 Å². The minimum Gasteiger partial charge on any atom is -0.481 e. The molecule has 1 aromatic rings. The topological polar surface area (TPSA) is 57.6 Å². The van der Waals surface area contributed by atoms with Crippen molar-refractivity contribution in [1.29, 1.82) is 0 Å². The minimum atomic E-state index is -0.835. The van der Waals surface area contributed by atoms with E-state index in [-0.39, 0.29) is 12.5 Å². The summed E-state index contributed by atoms with van der Waals surface area (Å²) in [5.74, 6) is -1.44. The van der Waals surface area contributed by atoms with E-state index in [4.69, 9.17) is 16.7 Å². The zero-order valence-corrected chi connectivity index (χ0v) is 13.0. The number of piperidine rings is 1. The summed E-state index contributed by atoms with van der Waals surface area (Å²) < 4.78 is 0.824. The molecule has 4 nitrogen and oxygen atoms in total. The van der Waals surface area contributed by atoms with Gasteiger partial charge in [-0.25, -0.2) is 0 Å². The van der Waals surface area contributed by atoms with Gasteiger partial charge in [0.2, 0.25) is 0 Å². The molecule has 1 aliphatic heterocycles. The molecule has 2 rings (SSSR count). The molecule has 1 heterocycles. The van der Waals surface area contributed by atoms with E-state index >= 15 is 0 Å². The second kappa shape index (κ2) is 6.09. The van der Waals surface area contributed by atoms with Crippen molar-refractivity contribution in [2.45, 2.75) is 12.8 Å². The van der Waals surface area contributed by atoms with Crippen molar-refractivity contribution in [3.63, 3.8) is 0 Å². The van der Waals surface area contributed by atoms with Crippen LogP contribution in [0.5, 0.6) is 0 Å². The molecule has 102 valence electrons. The average molecular weight is 394 g/mol. The zero-order valence-electron chi connectivity index (χ0n) is 10.1. The molecule has 6 heteroatoms. The van der Waals surface area contributed by atoms with Gasteiger partial charge in [0, 0.05) is 21.7 Å². The molecule has 1 N–H and O–H groups in total. The molecule has 0 aliphatic carbocycles. The average Bonchev–Trinajstić information content (AvgIpc) is 2.41. The van der Waals surface area contributed by atoms with Gasteiger partial charge >= 0.3 is 5.97 Å². The van der Waals surface area contributed by atoms with E-state index in [0.29, 0.717) is 23.6 Å². The molecule has 1 atom stereocenters. The number of benzene rings is 1. The normalized spacial score (nSPS) is 19.3. The van der Waals surface area contributed by atoms with Crippen molar-refractivity contribution in [1.82, 2.24) is 4.90 Å². The zero-order chi connectivity index (χ0) is 14.0. The fourth-order valence-electron chi connectivity index (χ4n) is 2.19. The largest absolute Gasteiger partial charge is 0.481 e. The fraction of sp³-hybridized carbons (Fsp3) is 0.385. The molecule has 1 amide bonds. The first kappa shape index (κ1) is 14.6. The van der Waals surface area contributed by atoms with E-state index in [1.54, 1.807) is 23.1 Å². The smallest absolute Gasteiger partial charge is 0.308 e. The van der Waals surface area contributed by atoms with Crippen LogP contribution in [-0.2, 0) is 4.79 Å². The van der Waals surface area contributed by atoms with E-state index in [2.05, 4.69) is 22.6 Å².